The summed E-state index contributed by atoms with van der Waals surface area (Å²) in [5.41, 5.74) is 1.53. The number of carbonyl (C=O) groups excluding carboxylic acids is 2. The van der Waals surface area contributed by atoms with Crippen LogP contribution in [0.25, 0.3) is 0 Å². The molecule has 7 rings (SSSR count). The Morgan fingerprint density at radius 3 is 2.49 bits per heavy atom. The molecule has 0 aliphatic carbocycles. The quantitative estimate of drug-likeness (QED) is 0.385. The van der Waals surface area contributed by atoms with Gasteiger partial charge in [0.05, 0.1) is 6.61 Å². The molecule has 2 aromatic carbocycles. The van der Waals surface area contributed by atoms with Crippen molar-refractivity contribution >= 4 is 29.4 Å². The third kappa shape index (κ3) is 6.79. The highest BCUT2D eigenvalue weighted by Gasteiger charge is 2.11. The number of rotatable bonds is 0. The van der Waals surface area contributed by atoms with Crippen LogP contribution in [0, 0.1) is 0 Å². The molecule has 0 fully saturated rings. The fraction of sp³-hybridized carbons (Fsp3) is 0.292. The maximum atomic E-state index is 12.5. The van der Waals surface area contributed by atoms with Crippen LogP contribution in [0.5, 0.6) is 5.75 Å². The van der Waals surface area contributed by atoms with Gasteiger partial charge in [-0.3, -0.25) is 14.6 Å². The Balaban J connectivity index is 1.53. The van der Waals surface area contributed by atoms with Gasteiger partial charge in [0.15, 0.2) is 0 Å². The lowest BCUT2D eigenvalue weighted by Crippen LogP contribution is -2.38. The molecule has 182 valence electrons. The van der Waals surface area contributed by atoms with E-state index < -0.39 is 5.69 Å². The minimum absolute atomic E-state index is 0.0538. The Kier molecular flexibility index (Phi) is 7.56. The number of hydrogen-bond acceptors (Lipinski definition) is 8. The third-order valence-electron chi connectivity index (χ3n) is 5.39. The number of hydrogen-bond donors (Lipinski definition) is 4. The van der Waals surface area contributed by atoms with E-state index in [0.29, 0.717) is 50.5 Å². The van der Waals surface area contributed by atoms with E-state index in [1.165, 1.54) is 6.92 Å². The number of nitrogens with one attached hydrogen (secondary N) is 4. The fourth-order valence-corrected chi connectivity index (χ4v) is 3.53. The summed E-state index contributed by atoms with van der Waals surface area (Å²) in [5, 5.41) is 8.90. The summed E-state index contributed by atoms with van der Waals surface area (Å²) < 4.78 is 5.79. The van der Waals surface area contributed by atoms with Crippen LogP contribution in [0.15, 0.2) is 53.3 Å². The van der Waals surface area contributed by atoms with Crippen LogP contribution >= 0.6 is 0 Å². The highest BCUT2D eigenvalue weighted by molar-refractivity contribution is 5.94. The summed E-state index contributed by atoms with van der Waals surface area (Å²) >= 11 is 0. The second kappa shape index (κ2) is 11.1. The van der Waals surface area contributed by atoms with Crippen LogP contribution in [0.1, 0.15) is 29.3 Å². The standard InChI is InChI=1S/C24H27N7O4/c1-16(32)31-12-2-14-35-20-9-3-17(4-10-20)15-26-22-28-23(30-24(34)29-22)27-19-7-5-18(6-8-19)21(33)25-11-13-31/h3-10H,2,11-15H2,1H3,(H,25,33)(H3,26,27,28,29,30,34). The van der Waals surface area contributed by atoms with Crippen molar-refractivity contribution in [2.75, 3.05) is 36.9 Å². The normalized spacial score (nSPS) is 14.9. The molecule has 11 nitrogen and oxygen atoms in total. The van der Waals surface area contributed by atoms with Crippen LogP contribution in [0.3, 0.4) is 0 Å². The Morgan fingerprint density at radius 2 is 1.74 bits per heavy atom. The van der Waals surface area contributed by atoms with Gasteiger partial charge in [-0.25, -0.2) is 4.79 Å². The Labute approximate surface area is 201 Å². The van der Waals surface area contributed by atoms with Gasteiger partial charge in [-0.15, -0.1) is 0 Å². The van der Waals surface area contributed by atoms with Gasteiger partial charge in [0, 0.05) is 44.4 Å². The molecule has 1 aromatic heterocycles. The molecule has 0 atom stereocenters. The van der Waals surface area contributed by atoms with E-state index in [1.807, 2.05) is 24.3 Å². The van der Waals surface area contributed by atoms with Crippen LogP contribution in [0.4, 0.5) is 17.6 Å². The number of nitrogens with zero attached hydrogens (tertiary/aromatic N) is 3. The molecule has 4 N–H and O–H groups in total. The number of H-pyrrole nitrogens is 1. The smallest absolute Gasteiger partial charge is 0.351 e. The molecule has 11 heteroatoms. The second-order valence-corrected chi connectivity index (χ2v) is 7.99. The van der Waals surface area contributed by atoms with Gasteiger partial charge in [-0.2, -0.15) is 9.97 Å². The van der Waals surface area contributed by atoms with Gasteiger partial charge >= 0.3 is 5.69 Å². The van der Waals surface area contributed by atoms with Crippen LogP contribution in [-0.2, 0) is 11.3 Å². The predicted octanol–water partition coefficient (Wildman–Crippen LogP) is 1.88. The topological polar surface area (TPSA) is 141 Å². The summed E-state index contributed by atoms with van der Waals surface area (Å²) in [4.78, 5) is 48.9. The van der Waals surface area contributed by atoms with E-state index in [1.54, 1.807) is 29.2 Å². The summed E-state index contributed by atoms with van der Waals surface area (Å²) in [5.74, 6) is 0.822. The van der Waals surface area contributed by atoms with Gasteiger partial charge in [0.2, 0.25) is 17.8 Å². The number of aromatic amines is 1. The number of amides is 2. The van der Waals surface area contributed by atoms with Crippen molar-refractivity contribution in [3.8, 4) is 5.75 Å². The van der Waals surface area contributed by atoms with Crippen molar-refractivity contribution < 1.29 is 14.3 Å². The van der Waals surface area contributed by atoms with Crippen molar-refractivity contribution in [3.63, 3.8) is 0 Å². The van der Waals surface area contributed by atoms with Gasteiger partial charge in [-0.05, 0) is 48.4 Å². The molecule has 0 saturated heterocycles. The number of benzene rings is 2. The lowest BCUT2D eigenvalue weighted by molar-refractivity contribution is -0.128. The molecule has 0 radical (unpaired) electrons. The monoisotopic (exact) mass is 477 g/mol. The highest BCUT2D eigenvalue weighted by atomic mass is 16.5. The molecule has 0 unspecified atom stereocenters. The van der Waals surface area contributed by atoms with Crippen LogP contribution in [0.2, 0.25) is 0 Å². The molecular formula is C24H27N7O4. The summed E-state index contributed by atoms with van der Waals surface area (Å²) in [6, 6.07) is 14.3. The average Bonchev–Trinajstić information content (AvgIpc) is 2.84. The molecule has 4 aliphatic rings. The summed E-state index contributed by atoms with van der Waals surface area (Å²) in [6.07, 6.45) is 0.660. The number of aromatic nitrogens is 3. The summed E-state index contributed by atoms with van der Waals surface area (Å²) in [7, 11) is 0. The first-order valence-corrected chi connectivity index (χ1v) is 11.3. The van der Waals surface area contributed by atoms with Crippen molar-refractivity contribution in [1.82, 2.24) is 25.2 Å². The largest absolute Gasteiger partial charge is 0.494 e. The lowest BCUT2D eigenvalue weighted by atomic mass is 10.2. The molecule has 0 spiro atoms. The van der Waals surface area contributed by atoms with Crippen molar-refractivity contribution in [2.45, 2.75) is 19.9 Å². The Hall–Kier alpha value is -4.41. The fourth-order valence-electron chi connectivity index (χ4n) is 3.53. The molecular weight excluding hydrogens is 450 g/mol. The zero-order chi connectivity index (χ0) is 24.6. The number of carbonyl (C=O) groups is 2. The highest BCUT2D eigenvalue weighted by Crippen LogP contribution is 2.16. The zero-order valence-electron chi connectivity index (χ0n) is 19.3. The molecule has 3 aromatic rings. The minimum atomic E-state index is -0.546. The molecule has 35 heavy (non-hydrogen) atoms. The van der Waals surface area contributed by atoms with Gasteiger partial charge in [0.1, 0.15) is 5.75 Å². The second-order valence-electron chi connectivity index (χ2n) is 7.99. The van der Waals surface area contributed by atoms with E-state index in [0.717, 1.165) is 11.3 Å². The molecule has 6 bridgehead atoms. The lowest BCUT2D eigenvalue weighted by Gasteiger charge is -2.21. The van der Waals surface area contributed by atoms with Crippen LogP contribution in [-0.4, -0.2) is 57.9 Å². The molecule has 0 saturated carbocycles. The predicted molar refractivity (Wildman–Crippen MR) is 131 cm³/mol. The molecule has 2 amide bonds. The van der Waals surface area contributed by atoms with Gasteiger partial charge in [0.25, 0.3) is 5.91 Å². The van der Waals surface area contributed by atoms with E-state index >= 15 is 0 Å². The van der Waals surface area contributed by atoms with Crippen molar-refractivity contribution in [1.29, 1.82) is 0 Å². The van der Waals surface area contributed by atoms with E-state index in [-0.39, 0.29) is 23.7 Å². The van der Waals surface area contributed by atoms with Crippen molar-refractivity contribution in [2.24, 2.45) is 0 Å². The molecule has 5 heterocycles. The zero-order valence-corrected chi connectivity index (χ0v) is 19.3. The molecule has 4 aliphatic heterocycles. The van der Waals surface area contributed by atoms with Gasteiger partial charge < -0.3 is 25.6 Å². The first-order chi connectivity index (χ1) is 17.0. The van der Waals surface area contributed by atoms with E-state index in [4.69, 9.17) is 4.74 Å². The minimum Gasteiger partial charge on any atom is -0.494 e. The SMILES string of the molecule is CC(=O)N1CCCOc2ccc(cc2)CNc2nc([nH]c(=O)n2)Nc2ccc(cc2)C(=O)NCC1. The van der Waals surface area contributed by atoms with Crippen LogP contribution < -0.4 is 26.4 Å². The maximum Gasteiger partial charge on any atom is 0.351 e. The first-order valence-electron chi connectivity index (χ1n) is 11.3. The first kappa shape index (κ1) is 23.7. The van der Waals surface area contributed by atoms with E-state index in [9.17, 15) is 14.4 Å². The third-order valence-corrected chi connectivity index (χ3v) is 5.39. The average molecular weight is 478 g/mol. The number of ether oxygens (including phenoxy) is 1. The Bertz CT molecular complexity index is 1230. The summed E-state index contributed by atoms with van der Waals surface area (Å²) in [6.45, 7) is 3.66. The number of anilines is 3. The van der Waals surface area contributed by atoms with Crippen molar-refractivity contribution in [3.05, 3.63) is 70.1 Å². The van der Waals surface area contributed by atoms with Gasteiger partial charge in [-0.1, -0.05) is 12.1 Å². The Morgan fingerprint density at radius 1 is 0.971 bits per heavy atom. The maximum absolute atomic E-state index is 12.5. The van der Waals surface area contributed by atoms with E-state index in [2.05, 4.69) is 30.9 Å².